The van der Waals surface area contributed by atoms with E-state index in [-0.39, 0.29) is 0 Å². The van der Waals surface area contributed by atoms with Crippen molar-refractivity contribution in [1.82, 2.24) is 14.5 Å². The second kappa shape index (κ2) is 8.10. The zero-order chi connectivity index (χ0) is 19.7. The van der Waals surface area contributed by atoms with Gasteiger partial charge in [-0.25, -0.2) is 9.97 Å². The van der Waals surface area contributed by atoms with Crippen LogP contribution in [0.2, 0.25) is 5.02 Å². The maximum absolute atomic E-state index is 6.41. The lowest BCUT2D eigenvalue weighted by molar-refractivity contribution is 0.140. The van der Waals surface area contributed by atoms with E-state index in [1.165, 1.54) is 12.8 Å². The van der Waals surface area contributed by atoms with Crippen molar-refractivity contribution in [3.63, 3.8) is 0 Å². The fourth-order valence-corrected chi connectivity index (χ4v) is 4.39. The maximum atomic E-state index is 6.41. The van der Waals surface area contributed by atoms with E-state index in [9.17, 15) is 0 Å². The van der Waals surface area contributed by atoms with Crippen LogP contribution in [0.3, 0.4) is 0 Å². The highest BCUT2D eigenvalue weighted by Crippen LogP contribution is 2.32. The largest absolute Gasteiger partial charge is 0.380 e. The number of halogens is 1. The molecule has 0 amide bonds. The minimum Gasteiger partial charge on any atom is -0.380 e. The lowest BCUT2D eigenvalue weighted by atomic mass is 10.2. The Bertz CT molecular complexity index is 943. The molecule has 1 aromatic carbocycles. The van der Waals surface area contributed by atoms with E-state index in [0.717, 1.165) is 34.8 Å². The number of benzene rings is 1. The van der Waals surface area contributed by atoms with E-state index in [4.69, 9.17) is 26.3 Å². The maximum Gasteiger partial charge on any atom is 0.142 e. The van der Waals surface area contributed by atoms with Crippen LogP contribution >= 0.6 is 11.6 Å². The molecule has 2 aromatic heterocycles. The van der Waals surface area contributed by atoms with Gasteiger partial charge in [-0.05, 0) is 57.9 Å². The molecule has 3 aromatic rings. The zero-order valence-electron chi connectivity index (χ0n) is 16.7. The first kappa shape index (κ1) is 19.2. The summed E-state index contributed by atoms with van der Waals surface area (Å²) in [5.74, 6) is 1.92. The lowest BCUT2D eigenvalue weighted by Gasteiger charge is -2.27. The molecule has 1 aliphatic heterocycles. The van der Waals surface area contributed by atoms with Crippen LogP contribution in [-0.4, -0.2) is 39.8 Å². The van der Waals surface area contributed by atoms with Gasteiger partial charge in [0.25, 0.3) is 0 Å². The Morgan fingerprint density at radius 3 is 2.61 bits per heavy atom. The fourth-order valence-electron chi connectivity index (χ4n) is 4.18. The second-order valence-corrected chi connectivity index (χ2v) is 7.89. The predicted octanol–water partition coefficient (Wildman–Crippen LogP) is 5.17. The molecule has 148 valence electrons. The first-order chi connectivity index (χ1) is 13.6. The van der Waals surface area contributed by atoms with Gasteiger partial charge >= 0.3 is 0 Å². The minimum absolute atomic E-state index is 0.530. The number of para-hydroxylation sites is 1. The quantitative estimate of drug-likeness (QED) is 0.537. The Morgan fingerprint density at radius 2 is 1.93 bits per heavy atom. The van der Waals surface area contributed by atoms with E-state index in [0.29, 0.717) is 30.3 Å². The van der Waals surface area contributed by atoms with Gasteiger partial charge in [-0.2, -0.15) is 0 Å². The summed E-state index contributed by atoms with van der Waals surface area (Å²) in [7, 11) is 0. The average Bonchev–Trinajstić information content (AvgIpc) is 3.23. The molecule has 4 rings (SSSR count). The molecule has 28 heavy (non-hydrogen) atoms. The van der Waals surface area contributed by atoms with E-state index >= 15 is 0 Å². The second-order valence-electron chi connectivity index (χ2n) is 7.48. The summed E-state index contributed by atoms with van der Waals surface area (Å²) in [6.07, 6.45) is 4.37. The normalized spacial score (nSPS) is 19.6. The molecule has 5 nitrogen and oxygen atoms in total. The van der Waals surface area contributed by atoms with Crippen LogP contribution < -0.4 is 4.90 Å². The van der Waals surface area contributed by atoms with Crippen molar-refractivity contribution in [1.29, 1.82) is 0 Å². The van der Waals surface area contributed by atoms with Crippen LogP contribution in [0.1, 0.15) is 33.6 Å². The van der Waals surface area contributed by atoms with Crippen molar-refractivity contribution in [3.05, 3.63) is 41.6 Å². The van der Waals surface area contributed by atoms with Gasteiger partial charge in [0.2, 0.25) is 0 Å². The average molecular weight is 399 g/mol. The first-order valence-corrected chi connectivity index (χ1v) is 10.4. The molecule has 0 bridgehead atoms. The molecular weight excluding hydrogens is 372 g/mol. The SMILES string of the molecule is CCOCCn1c(-c2ccc(N3[C@@H](C)CC[C@@H]3C)nc2)nc2c(Cl)cccc21. The number of rotatable bonds is 6. The van der Waals surface area contributed by atoms with Crippen LogP contribution in [0.5, 0.6) is 0 Å². The molecule has 0 N–H and O–H groups in total. The number of hydrogen-bond donors (Lipinski definition) is 0. The summed E-state index contributed by atoms with van der Waals surface area (Å²) in [5, 5.41) is 0.665. The summed E-state index contributed by atoms with van der Waals surface area (Å²) < 4.78 is 7.76. The highest BCUT2D eigenvalue weighted by atomic mass is 35.5. The van der Waals surface area contributed by atoms with Gasteiger partial charge in [0.15, 0.2) is 0 Å². The highest BCUT2D eigenvalue weighted by molar-refractivity contribution is 6.35. The zero-order valence-corrected chi connectivity index (χ0v) is 17.5. The molecule has 0 radical (unpaired) electrons. The number of aromatic nitrogens is 3. The van der Waals surface area contributed by atoms with Gasteiger partial charge in [0.1, 0.15) is 17.2 Å². The lowest BCUT2D eigenvalue weighted by Crippen LogP contribution is -2.33. The highest BCUT2D eigenvalue weighted by Gasteiger charge is 2.28. The van der Waals surface area contributed by atoms with Crippen molar-refractivity contribution in [2.45, 2.75) is 52.2 Å². The van der Waals surface area contributed by atoms with Crippen LogP contribution in [0.4, 0.5) is 5.82 Å². The van der Waals surface area contributed by atoms with Crippen molar-refractivity contribution in [2.75, 3.05) is 18.1 Å². The number of nitrogens with zero attached hydrogens (tertiary/aromatic N) is 4. The molecule has 1 fully saturated rings. The Balaban J connectivity index is 1.71. The molecular formula is C22H27ClN4O. The van der Waals surface area contributed by atoms with Crippen molar-refractivity contribution in [3.8, 4) is 11.4 Å². The number of hydrogen-bond acceptors (Lipinski definition) is 4. The Labute approximate surface area is 171 Å². The summed E-state index contributed by atoms with van der Waals surface area (Å²) in [6.45, 7) is 8.61. The number of anilines is 1. The summed E-state index contributed by atoms with van der Waals surface area (Å²) >= 11 is 6.41. The van der Waals surface area contributed by atoms with Crippen LogP contribution in [0.15, 0.2) is 36.5 Å². The van der Waals surface area contributed by atoms with E-state index in [1.807, 2.05) is 25.3 Å². The Morgan fingerprint density at radius 1 is 1.14 bits per heavy atom. The molecule has 0 saturated carbocycles. The van der Waals surface area contributed by atoms with Gasteiger partial charge in [0.05, 0.1) is 17.1 Å². The summed E-state index contributed by atoms with van der Waals surface area (Å²) in [5.41, 5.74) is 2.83. The van der Waals surface area contributed by atoms with Crippen molar-refractivity contribution in [2.24, 2.45) is 0 Å². The van der Waals surface area contributed by atoms with Crippen LogP contribution in [-0.2, 0) is 11.3 Å². The Hall–Kier alpha value is -2.11. The molecule has 1 saturated heterocycles. The molecule has 0 unspecified atom stereocenters. The third-order valence-corrected chi connectivity index (χ3v) is 5.92. The fraction of sp³-hybridized carbons (Fsp3) is 0.455. The minimum atomic E-state index is 0.530. The topological polar surface area (TPSA) is 43.2 Å². The summed E-state index contributed by atoms with van der Waals surface area (Å²) in [4.78, 5) is 12.0. The molecule has 0 aliphatic carbocycles. The first-order valence-electron chi connectivity index (χ1n) is 10.1. The van der Waals surface area contributed by atoms with E-state index in [2.05, 4.69) is 41.5 Å². The molecule has 3 heterocycles. The van der Waals surface area contributed by atoms with Gasteiger partial charge in [-0.15, -0.1) is 0 Å². The standard InChI is InChI=1S/C22H27ClN4O/c1-4-28-13-12-26-19-7-5-6-18(23)21(19)25-22(26)17-10-11-20(24-14-17)27-15(2)8-9-16(27)3/h5-7,10-11,14-16H,4,8-9,12-13H2,1-3H3/t15-,16-/m0/s1. The monoisotopic (exact) mass is 398 g/mol. The smallest absolute Gasteiger partial charge is 0.142 e. The van der Waals surface area contributed by atoms with Gasteiger partial charge in [-0.3, -0.25) is 0 Å². The van der Waals surface area contributed by atoms with Crippen molar-refractivity contribution >= 4 is 28.5 Å². The number of fused-ring (bicyclic) bond motifs is 1. The predicted molar refractivity (Wildman–Crippen MR) is 115 cm³/mol. The molecule has 1 aliphatic rings. The van der Waals surface area contributed by atoms with Gasteiger partial charge in [0, 0.05) is 37.0 Å². The van der Waals surface area contributed by atoms with Crippen molar-refractivity contribution < 1.29 is 4.74 Å². The van der Waals surface area contributed by atoms with Crippen LogP contribution in [0.25, 0.3) is 22.4 Å². The number of imidazole rings is 1. The summed E-state index contributed by atoms with van der Waals surface area (Å²) in [6, 6.07) is 11.2. The number of pyridine rings is 1. The van der Waals surface area contributed by atoms with Gasteiger partial charge < -0.3 is 14.2 Å². The number of ether oxygens (including phenoxy) is 1. The Kier molecular flexibility index (Phi) is 5.56. The molecule has 2 atom stereocenters. The third-order valence-electron chi connectivity index (χ3n) is 5.62. The van der Waals surface area contributed by atoms with Gasteiger partial charge in [-0.1, -0.05) is 17.7 Å². The molecule has 0 spiro atoms. The van der Waals surface area contributed by atoms with Crippen LogP contribution in [0, 0.1) is 0 Å². The molecule has 6 heteroatoms. The van der Waals surface area contributed by atoms with E-state index in [1.54, 1.807) is 0 Å². The van der Waals surface area contributed by atoms with E-state index < -0.39 is 0 Å². The third kappa shape index (κ3) is 3.49.